The highest BCUT2D eigenvalue weighted by Crippen LogP contribution is 2.40. The van der Waals surface area contributed by atoms with Gasteiger partial charge in [0.1, 0.15) is 35.7 Å². The van der Waals surface area contributed by atoms with E-state index in [1.54, 1.807) is 12.3 Å². The summed E-state index contributed by atoms with van der Waals surface area (Å²) < 4.78 is 45.2. The molecule has 230 valence electrons. The predicted octanol–water partition coefficient (Wildman–Crippen LogP) is 3.63. The quantitative estimate of drug-likeness (QED) is 0.341. The van der Waals surface area contributed by atoms with Crippen molar-refractivity contribution in [3.8, 4) is 17.4 Å². The Bertz CT molecular complexity index is 1890. The molecule has 2 aromatic carbocycles. The monoisotopic (exact) mass is 604 g/mol. The number of hydrogen-bond donors (Lipinski definition) is 2. The van der Waals surface area contributed by atoms with Crippen molar-refractivity contribution >= 4 is 27.5 Å². The predicted molar refractivity (Wildman–Crippen MR) is 162 cm³/mol. The molecule has 0 aliphatic carbocycles. The van der Waals surface area contributed by atoms with Crippen molar-refractivity contribution in [1.29, 1.82) is 0 Å². The number of rotatable bonds is 6. The van der Waals surface area contributed by atoms with E-state index in [-0.39, 0.29) is 42.5 Å². The summed E-state index contributed by atoms with van der Waals surface area (Å²) in [5.41, 5.74) is -0.447. The number of aromatic hydroxyl groups is 1. The molecule has 0 unspecified atom stereocenters. The summed E-state index contributed by atoms with van der Waals surface area (Å²) in [5.74, 6) is 0.0503. The Morgan fingerprint density at radius 3 is 2.82 bits per heavy atom. The molecule has 44 heavy (non-hydrogen) atoms. The zero-order valence-corrected chi connectivity index (χ0v) is 24.5. The zero-order chi connectivity index (χ0) is 31.1. The van der Waals surface area contributed by atoms with E-state index in [1.807, 2.05) is 11.8 Å². The van der Waals surface area contributed by atoms with E-state index in [0.29, 0.717) is 72.1 Å². The fourth-order valence-electron chi connectivity index (χ4n) is 7.90. The van der Waals surface area contributed by atoms with Crippen LogP contribution in [0.4, 0.5) is 14.6 Å². The average Bonchev–Trinajstić information content (AvgIpc) is 3.63. The first-order valence-electron chi connectivity index (χ1n) is 16.0. The van der Waals surface area contributed by atoms with Crippen molar-refractivity contribution in [3.63, 3.8) is 0 Å². The average molecular weight is 605 g/mol. The fourth-order valence-corrected chi connectivity index (χ4v) is 7.90. The number of alkyl halides is 1. The van der Waals surface area contributed by atoms with Crippen molar-refractivity contribution in [1.82, 2.24) is 30.0 Å². The lowest BCUT2D eigenvalue weighted by molar-refractivity contribution is 0.107. The number of anilines is 1. The smallest absolute Gasteiger partial charge is 0.319 e. The second-order valence-electron chi connectivity index (χ2n) is 12.7. The first kappa shape index (κ1) is 26.5. The normalized spacial score (nSPS) is 28.6. The van der Waals surface area contributed by atoms with Crippen LogP contribution < -0.4 is 20.5 Å². The van der Waals surface area contributed by atoms with Gasteiger partial charge in [0.05, 0.1) is 24.2 Å². The standard InChI is InChI=1S/C32H35F2N7O3/c1-2-23-25(34)7-4-18-10-22(42)11-26(27(18)23)41-30(43)28-24(13-35-41)29(39-15-20-5-6-21(16-39)36-20)38-31(37-28)44-17-32-8-3-9-40(32)14-19(33)12-32/h4,7,10-11,13,19-21,36,42H,2-3,5-6,8-9,12,14-17H2,1H3/t19-,20-,21+,32+/m1/s1/i19D. The molecular formula is C32H35F2N7O3. The molecule has 2 bridgehead atoms. The van der Waals surface area contributed by atoms with Gasteiger partial charge >= 0.3 is 6.01 Å². The van der Waals surface area contributed by atoms with Crippen LogP contribution in [0, 0.1) is 5.82 Å². The van der Waals surface area contributed by atoms with Gasteiger partial charge in [0, 0.05) is 49.6 Å². The van der Waals surface area contributed by atoms with E-state index < -0.39 is 23.1 Å². The molecule has 8 rings (SSSR count). The SMILES string of the molecule is [2H][C@]1(F)CN2CCC[C@@]2(COc2nc(N3C[C@H]4CC[C@@H](C3)N4)c3cnn(-c4cc(O)cc5ccc(F)c(CC)c45)c(=O)c3n2)C1. The lowest BCUT2D eigenvalue weighted by Crippen LogP contribution is -2.51. The maximum atomic E-state index is 14.9. The van der Waals surface area contributed by atoms with Crippen LogP contribution >= 0.6 is 0 Å². The Morgan fingerprint density at radius 1 is 1.20 bits per heavy atom. The summed E-state index contributed by atoms with van der Waals surface area (Å²) in [4.78, 5) is 27.8. The molecule has 10 nitrogen and oxygen atoms in total. The minimum Gasteiger partial charge on any atom is -0.508 e. The number of benzene rings is 2. The fraction of sp³-hybridized carbons (Fsp3) is 0.500. The van der Waals surface area contributed by atoms with Gasteiger partial charge in [-0.3, -0.25) is 9.69 Å². The second kappa shape index (κ2) is 10.3. The molecule has 12 heteroatoms. The van der Waals surface area contributed by atoms with Gasteiger partial charge in [-0.1, -0.05) is 13.0 Å². The summed E-state index contributed by atoms with van der Waals surface area (Å²) in [5, 5.41) is 20.2. The number of aryl methyl sites for hydroxylation is 1. The molecular weight excluding hydrogens is 568 g/mol. The van der Waals surface area contributed by atoms with Crippen LogP contribution in [0.3, 0.4) is 0 Å². The van der Waals surface area contributed by atoms with Crippen LogP contribution in [0.15, 0.2) is 35.3 Å². The molecule has 2 N–H and O–H groups in total. The van der Waals surface area contributed by atoms with Gasteiger partial charge < -0.3 is 20.1 Å². The van der Waals surface area contributed by atoms with E-state index in [0.717, 1.165) is 23.9 Å². The van der Waals surface area contributed by atoms with Crippen molar-refractivity contribution in [2.45, 2.75) is 69.2 Å². The van der Waals surface area contributed by atoms with Gasteiger partial charge in [-0.2, -0.15) is 19.7 Å². The summed E-state index contributed by atoms with van der Waals surface area (Å²) >= 11 is 0. The molecule has 4 atom stereocenters. The van der Waals surface area contributed by atoms with E-state index in [4.69, 9.17) is 11.1 Å². The minimum atomic E-state index is -2.04. The van der Waals surface area contributed by atoms with E-state index >= 15 is 0 Å². The Hall–Kier alpha value is -3.90. The molecule has 6 heterocycles. The Labute approximate surface area is 254 Å². The maximum Gasteiger partial charge on any atom is 0.319 e. The van der Waals surface area contributed by atoms with Crippen molar-refractivity contribution in [2.75, 3.05) is 37.7 Å². The molecule has 4 saturated heterocycles. The third-order valence-electron chi connectivity index (χ3n) is 9.93. The maximum absolute atomic E-state index is 14.9. The second-order valence-corrected chi connectivity index (χ2v) is 12.7. The molecule has 0 spiro atoms. The first-order valence-corrected chi connectivity index (χ1v) is 15.5. The molecule has 2 aromatic heterocycles. The third-order valence-corrected chi connectivity index (χ3v) is 9.93. The first-order chi connectivity index (χ1) is 21.6. The van der Waals surface area contributed by atoms with Crippen LogP contribution in [0.1, 0.15) is 46.0 Å². The van der Waals surface area contributed by atoms with Gasteiger partial charge in [-0.05, 0) is 61.7 Å². The van der Waals surface area contributed by atoms with Gasteiger partial charge in [-0.25, -0.2) is 8.78 Å². The Kier molecular flexibility index (Phi) is 6.23. The highest BCUT2D eigenvalue weighted by atomic mass is 19.1. The van der Waals surface area contributed by atoms with Gasteiger partial charge in [-0.15, -0.1) is 0 Å². The molecule has 4 fully saturated rings. The van der Waals surface area contributed by atoms with Crippen molar-refractivity contribution in [3.05, 3.63) is 52.2 Å². The summed E-state index contributed by atoms with van der Waals surface area (Å²) in [6.07, 6.45) is 3.62. The molecule has 4 aromatic rings. The number of nitrogens with one attached hydrogen (secondary N) is 1. The molecule has 0 amide bonds. The number of phenolic OH excluding ortho intramolecular Hbond substituents is 1. The highest BCUT2D eigenvalue weighted by Gasteiger charge is 2.49. The molecule has 4 aliphatic rings. The van der Waals surface area contributed by atoms with E-state index in [1.165, 1.54) is 18.2 Å². The summed E-state index contributed by atoms with van der Waals surface area (Å²) in [7, 11) is 0. The number of phenols is 1. The third kappa shape index (κ3) is 4.41. The highest BCUT2D eigenvalue weighted by molar-refractivity contribution is 5.95. The van der Waals surface area contributed by atoms with Crippen LogP contribution in [0.2, 0.25) is 0 Å². The number of nitrogens with zero attached hydrogens (tertiary/aromatic N) is 6. The number of hydrogen-bond acceptors (Lipinski definition) is 9. The van der Waals surface area contributed by atoms with Crippen LogP contribution in [0.25, 0.3) is 27.4 Å². The topological polar surface area (TPSA) is 109 Å². The Morgan fingerprint density at radius 2 is 2.02 bits per heavy atom. The van der Waals surface area contributed by atoms with Gasteiger partial charge in [0.25, 0.3) is 5.56 Å². The number of fused-ring (bicyclic) bond motifs is 5. The van der Waals surface area contributed by atoms with Gasteiger partial charge in [0.2, 0.25) is 0 Å². The Balaban J connectivity index is 1.27. The molecule has 4 aliphatic heterocycles. The summed E-state index contributed by atoms with van der Waals surface area (Å²) in [6.45, 7) is 4.07. The van der Waals surface area contributed by atoms with Crippen LogP contribution in [-0.2, 0) is 6.42 Å². The van der Waals surface area contributed by atoms with Crippen LogP contribution in [0.5, 0.6) is 11.8 Å². The number of piperazine rings is 1. The molecule has 0 saturated carbocycles. The largest absolute Gasteiger partial charge is 0.508 e. The number of halogens is 2. The lowest BCUT2D eigenvalue weighted by atomic mass is 9.95. The minimum absolute atomic E-state index is 0.00171. The van der Waals surface area contributed by atoms with Crippen LogP contribution in [-0.4, -0.2) is 86.3 Å². The lowest BCUT2D eigenvalue weighted by Gasteiger charge is -2.34. The number of aromatic nitrogens is 4. The summed E-state index contributed by atoms with van der Waals surface area (Å²) in [6, 6.07) is 6.47. The van der Waals surface area contributed by atoms with E-state index in [2.05, 4.69) is 20.3 Å². The van der Waals surface area contributed by atoms with Crippen molar-refractivity contribution < 1.29 is 20.0 Å². The van der Waals surface area contributed by atoms with Crippen molar-refractivity contribution in [2.24, 2.45) is 0 Å². The molecule has 0 radical (unpaired) electrons. The van der Waals surface area contributed by atoms with Gasteiger partial charge in [0.15, 0.2) is 0 Å². The zero-order valence-electron chi connectivity index (χ0n) is 25.5. The van der Waals surface area contributed by atoms with E-state index in [9.17, 15) is 18.7 Å². The number of ether oxygens (including phenoxy) is 1.